The second-order valence-electron chi connectivity index (χ2n) is 5.60. The van der Waals surface area contributed by atoms with E-state index in [-0.39, 0.29) is 11.4 Å². The van der Waals surface area contributed by atoms with Crippen LogP contribution in [0.1, 0.15) is 13.3 Å². The molecule has 24 heavy (non-hydrogen) atoms. The molecule has 0 aliphatic carbocycles. The molecule has 1 aromatic carbocycles. The molecule has 3 rings (SSSR count). The molecule has 0 saturated carbocycles. The van der Waals surface area contributed by atoms with Crippen LogP contribution in [0.15, 0.2) is 41.3 Å². The molecule has 0 fully saturated rings. The topological polar surface area (TPSA) is 50.3 Å². The molecular weight excluding hydrogens is 309 g/mol. The van der Waals surface area contributed by atoms with Gasteiger partial charge in [-0.1, -0.05) is 13.5 Å². The summed E-state index contributed by atoms with van der Waals surface area (Å²) in [6.45, 7) is 7.27. The largest absolute Gasteiger partial charge is 0.383 e. The number of ether oxygens (including phenoxy) is 1. The third-order valence-electron chi connectivity index (χ3n) is 4.13. The molecule has 0 atom stereocenters. The molecule has 2 aromatic rings. The van der Waals surface area contributed by atoms with Crippen LogP contribution in [-0.2, 0) is 4.74 Å². The Morgan fingerprint density at radius 1 is 1.29 bits per heavy atom. The highest BCUT2D eigenvalue weighted by Gasteiger charge is 2.20. The van der Waals surface area contributed by atoms with E-state index >= 15 is 0 Å². The van der Waals surface area contributed by atoms with Crippen molar-refractivity contribution in [3.63, 3.8) is 0 Å². The summed E-state index contributed by atoms with van der Waals surface area (Å²) in [6.07, 6.45) is 2.55. The number of hydrogen-bond acceptors (Lipinski definition) is 3. The third kappa shape index (κ3) is 2.69. The van der Waals surface area contributed by atoms with Gasteiger partial charge in [0.05, 0.1) is 22.9 Å². The Bertz CT molecular complexity index is 938. The van der Waals surface area contributed by atoms with Crippen molar-refractivity contribution < 1.29 is 9.13 Å². The molecule has 1 aliphatic rings. The smallest absolute Gasteiger partial charge is 0.280 e. The van der Waals surface area contributed by atoms with Gasteiger partial charge in [0.25, 0.3) is 5.56 Å². The van der Waals surface area contributed by atoms with Crippen molar-refractivity contribution in [3.8, 4) is 5.69 Å². The number of allylic oxidation sites excluding steroid dienone is 1. The highest BCUT2D eigenvalue weighted by molar-refractivity contribution is 5.59. The van der Waals surface area contributed by atoms with Crippen LogP contribution in [-0.4, -0.2) is 34.9 Å². The summed E-state index contributed by atoms with van der Waals surface area (Å²) in [5, 5.41) is 4.45. The Morgan fingerprint density at radius 2 is 2.00 bits per heavy atom. The Hall–Kier alpha value is -2.60. The zero-order valence-electron chi connectivity index (χ0n) is 13.8. The van der Waals surface area contributed by atoms with Crippen LogP contribution >= 0.6 is 0 Å². The van der Waals surface area contributed by atoms with E-state index in [9.17, 15) is 9.18 Å². The summed E-state index contributed by atoms with van der Waals surface area (Å²) in [5.74, 6) is -0.338. The van der Waals surface area contributed by atoms with Crippen LogP contribution in [0.4, 0.5) is 4.39 Å². The minimum atomic E-state index is -0.338. The molecule has 5 nitrogen and oxygen atoms in total. The molecule has 0 unspecified atom stereocenters. The number of fused-ring (bicyclic) bond motifs is 1. The van der Waals surface area contributed by atoms with Crippen LogP contribution in [0.25, 0.3) is 17.5 Å². The van der Waals surface area contributed by atoms with Crippen LogP contribution in [0.2, 0.25) is 0 Å². The van der Waals surface area contributed by atoms with Crippen molar-refractivity contribution in [2.24, 2.45) is 0 Å². The lowest BCUT2D eigenvalue weighted by Crippen LogP contribution is -2.45. The average Bonchev–Trinajstić information content (AvgIpc) is 2.89. The van der Waals surface area contributed by atoms with Gasteiger partial charge in [0.2, 0.25) is 0 Å². The van der Waals surface area contributed by atoms with Crippen LogP contribution in [0.5, 0.6) is 0 Å². The summed E-state index contributed by atoms with van der Waals surface area (Å²) >= 11 is 0. The van der Waals surface area contributed by atoms with Gasteiger partial charge in [0.1, 0.15) is 5.82 Å². The number of H-pyrrole nitrogens is 1. The standard InChI is InChI=1S/C18H20FN3O2/c1-4-16-17-15(11-12(2)21(16)9-10-24-3)20-22(18(17)23)14-7-5-13(19)6-8-14/h5-8,11,20H,2,4,9-10H2,1,3H3. The van der Waals surface area contributed by atoms with Gasteiger partial charge in [-0.2, -0.15) is 0 Å². The van der Waals surface area contributed by atoms with Gasteiger partial charge in [-0.15, -0.1) is 0 Å². The van der Waals surface area contributed by atoms with Crippen LogP contribution in [0.3, 0.4) is 0 Å². The Kier molecular flexibility index (Phi) is 4.40. The fourth-order valence-corrected chi connectivity index (χ4v) is 2.99. The number of rotatable bonds is 5. The number of nitrogens with zero attached hydrogens (tertiary/aromatic N) is 2. The second kappa shape index (κ2) is 6.49. The molecule has 126 valence electrons. The zero-order chi connectivity index (χ0) is 17.3. The summed E-state index contributed by atoms with van der Waals surface area (Å²) in [5.41, 5.74) is 2.16. The van der Waals surface area contributed by atoms with E-state index in [0.717, 1.165) is 16.7 Å². The Morgan fingerprint density at radius 3 is 2.62 bits per heavy atom. The predicted octanol–water partition coefficient (Wildman–Crippen LogP) is 1.08. The monoisotopic (exact) mass is 329 g/mol. The number of methoxy groups -OCH3 is 1. The van der Waals surface area contributed by atoms with Gasteiger partial charge in [0, 0.05) is 25.0 Å². The highest BCUT2D eigenvalue weighted by Crippen LogP contribution is 2.17. The van der Waals surface area contributed by atoms with Gasteiger partial charge in [-0.25, -0.2) is 9.07 Å². The van der Waals surface area contributed by atoms with Gasteiger partial charge in [-0.05, 0) is 36.8 Å². The van der Waals surface area contributed by atoms with Gasteiger partial charge >= 0.3 is 0 Å². The minimum Gasteiger partial charge on any atom is -0.383 e. The summed E-state index contributed by atoms with van der Waals surface area (Å²) in [6, 6.07) is 5.81. The Labute approximate surface area is 139 Å². The van der Waals surface area contributed by atoms with Crippen molar-refractivity contribution >= 4 is 11.8 Å². The molecule has 1 N–H and O–H groups in total. The second-order valence-corrected chi connectivity index (χ2v) is 5.60. The first-order chi connectivity index (χ1) is 11.6. The van der Waals surface area contributed by atoms with E-state index in [1.54, 1.807) is 19.2 Å². The van der Waals surface area contributed by atoms with E-state index < -0.39 is 0 Å². The molecule has 1 aliphatic heterocycles. The molecule has 0 saturated heterocycles. The van der Waals surface area contributed by atoms with Crippen molar-refractivity contribution in [1.82, 2.24) is 14.7 Å². The lowest BCUT2D eigenvalue weighted by molar-refractivity contribution is 0.182. The maximum atomic E-state index is 13.1. The predicted molar refractivity (Wildman–Crippen MR) is 91.5 cm³/mol. The quantitative estimate of drug-likeness (QED) is 0.893. The molecular formula is C18H20FN3O2. The number of aromatic nitrogens is 2. The van der Waals surface area contributed by atoms with Gasteiger partial charge in [0.15, 0.2) is 0 Å². The first-order valence-electron chi connectivity index (χ1n) is 7.84. The van der Waals surface area contributed by atoms with Crippen molar-refractivity contribution in [3.05, 3.63) is 63.3 Å². The van der Waals surface area contributed by atoms with Crippen molar-refractivity contribution in [2.45, 2.75) is 13.3 Å². The fourth-order valence-electron chi connectivity index (χ4n) is 2.99. The van der Waals surface area contributed by atoms with E-state index in [2.05, 4.69) is 11.7 Å². The van der Waals surface area contributed by atoms with Crippen molar-refractivity contribution in [1.29, 1.82) is 0 Å². The summed E-state index contributed by atoms with van der Waals surface area (Å²) in [7, 11) is 1.64. The number of hydrogen-bond donors (Lipinski definition) is 1. The summed E-state index contributed by atoms with van der Waals surface area (Å²) < 4.78 is 19.7. The van der Waals surface area contributed by atoms with Gasteiger partial charge in [-0.3, -0.25) is 9.89 Å². The lowest BCUT2D eigenvalue weighted by atomic mass is 10.1. The molecule has 0 spiro atoms. The molecule has 1 aromatic heterocycles. The number of aromatic amines is 1. The molecule has 0 amide bonds. The fraction of sp³-hybridized carbons (Fsp3) is 0.278. The Balaban J connectivity index is 2.22. The normalized spacial score (nSPS) is 13.9. The van der Waals surface area contributed by atoms with Crippen molar-refractivity contribution in [2.75, 3.05) is 20.3 Å². The maximum Gasteiger partial charge on any atom is 0.280 e. The van der Waals surface area contributed by atoms with Crippen LogP contribution < -0.4 is 16.1 Å². The van der Waals surface area contributed by atoms with E-state index in [4.69, 9.17) is 4.74 Å². The average molecular weight is 329 g/mol. The highest BCUT2D eigenvalue weighted by atomic mass is 19.1. The molecule has 0 radical (unpaired) electrons. The molecule has 2 heterocycles. The third-order valence-corrected chi connectivity index (χ3v) is 4.13. The first-order valence-corrected chi connectivity index (χ1v) is 7.84. The molecule has 6 heteroatoms. The van der Waals surface area contributed by atoms with E-state index in [1.165, 1.54) is 16.8 Å². The number of halogens is 1. The molecule has 0 bridgehead atoms. The number of benzene rings is 1. The van der Waals surface area contributed by atoms with E-state index in [0.29, 0.717) is 30.5 Å². The zero-order valence-corrected chi connectivity index (χ0v) is 13.8. The summed E-state index contributed by atoms with van der Waals surface area (Å²) in [4.78, 5) is 14.9. The number of nitrogens with one attached hydrogen (secondary N) is 1. The lowest BCUT2D eigenvalue weighted by Gasteiger charge is -2.28. The minimum absolute atomic E-state index is 0.153. The van der Waals surface area contributed by atoms with E-state index in [1.807, 2.05) is 17.9 Å². The van der Waals surface area contributed by atoms with Crippen LogP contribution in [0, 0.1) is 5.82 Å². The maximum absolute atomic E-state index is 13.1. The van der Waals surface area contributed by atoms with Gasteiger partial charge < -0.3 is 9.64 Å². The first kappa shape index (κ1) is 16.3. The SMILES string of the molecule is C=C1C=c2[nH]n(-c3ccc(F)cc3)c(=O)c2=C(CC)N1CCOC.